The van der Waals surface area contributed by atoms with Gasteiger partial charge < -0.3 is 20.7 Å². The Kier molecular flexibility index (Phi) is 8.71. The molecule has 0 fully saturated rings. The van der Waals surface area contributed by atoms with Crippen molar-refractivity contribution in [1.29, 1.82) is 0 Å². The van der Waals surface area contributed by atoms with Crippen molar-refractivity contribution < 1.29 is 14.3 Å². The number of amides is 1. The molecule has 1 aromatic carbocycles. The summed E-state index contributed by atoms with van der Waals surface area (Å²) in [4.78, 5) is 23.1. The second-order valence-corrected chi connectivity index (χ2v) is 7.57. The van der Waals surface area contributed by atoms with Gasteiger partial charge in [-0.2, -0.15) is 0 Å². The number of halogens is 3. The molecule has 6 nitrogen and oxygen atoms in total. The van der Waals surface area contributed by atoms with E-state index in [1.807, 2.05) is 0 Å². The number of carbonyl (C=O) groups excluding carboxylic acids is 2. The molecule has 0 aliphatic heterocycles. The number of benzene rings is 1. The van der Waals surface area contributed by atoms with E-state index in [1.54, 1.807) is 38.1 Å². The first-order valence-electron chi connectivity index (χ1n) is 7.38. The predicted octanol–water partition coefficient (Wildman–Crippen LogP) is 3.37. The highest BCUT2D eigenvalue weighted by molar-refractivity contribution is 7.80. The Labute approximate surface area is 166 Å². The Balaban J connectivity index is 2.70. The lowest BCUT2D eigenvalue weighted by atomic mass is 10.2. The second kappa shape index (κ2) is 10.0. The van der Waals surface area contributed by atoms with Crippen molar-refractivity contribution >= 4 is 69.7 Å². The number of ether oxygens (including phenoxy) is 1. The molecule has 0 bridgehead atoms. The van der Waals surface area contributed by atoms with Crippen molar-refractivity contribution in [2.24, 2.45) is 0 Å². The summed E-state index contributed by atoms with van der Waals surface area (Å²) in [6, 6.07) is 6.48. The number of anilines is 1. The van der Waals surface area contributed by atoms with Crippen LogP contribution in [-0.4, -0.2) is 33.6 Å². The topological polar surface area (TPSA) is 79.5 Å². The molecule has 10 heteroatoms. The summed E-state index contributed by atoms with van der Waals surface area (Å²) in [7, 11) is 0. The number of esters is 1. The lowest BCUT2D eigenvalue weighted by Crippen LogP contribution is -2.56. The summed E-state index contributed by atoms with van der Waals surface area (Å²) >= 11 is 22.7. The molecular weight excluding hydrogens is 409 g/mol. The third-order valence-electron chi connectivity index (χ3n) is 2.88. The largest absolute Gasteiger partial charge is 0.462 e. The molecule has 1 aromatic rings. The van der Waals surface area contributed by atoms with E-state index >= 15 is 0 Å². The first-order chi connectivity index (χ1) is 11.7. The maximum Gasteiger partial charge on any atom is 0.338 e. The standard InChI is InChI=1S/C15H18Cl3N3O3S/c1-3-11(22)20-13(15(16,17)18)21-14(25)19-10-7-5-9(6-8-10)12(23)24-4-2/h5-8,13H,3-4H2,1-2H3,(H,20,22)(H2,19,21,25)/t13-/m1/s1. The van der Waals surface area contributed by atoms with Gasteiger partial charge in [0.15, 0.2) is 5.11 Å². The highest BCUT2D eigenvalue weighted by Crippen LogP contribution is 2.29. The number of rotatable bonds is 6. The van der Waals surface area contributed by atoms with E-state index < -0.39 is 15.9 Å². The molecule has 1 atom stereocenters. The molecule has 0 aromatic heterocycles. The molecule has 0 unspecified atom stereocenters. The van der Waals surface area contributed by atoms with E-state index in [2.05, 4.69) is 16.0 Å². The van der Waals surface area contributed by atoms with Gasteiger partial charge in [-0.1, -0.05) is 41.7 Å². The minimum atomic E-state index is -1.80. The van der Waals surface area contributed by atoms with Crippen molar-refractivity contribution in [3.05, 3.63) is 29.8 Å². The third kappa shape index (κ3) is 7.64. The molecule has 0 spiro atoms. The average Bonchev–Trinajstić information content (AvgIpc) is 2.54. The van der Waals surface area contributed by atoms with Gasteiger partial charge in [0, 0.05) is 12.1 Å². The number of alkyl halides is 3. The van der Waals surface area contributed by atoms with Crippen LogP contribution in [0.2, 0.25) is 0 Å². The van der Waals surface area contributed by atoms with Crippen LogP contribution in [0, 0.1) is 0 Å². The van der Waals surface area contributed by atoms with Crippen LogP contribution in [0.5, 0.6) is 0 Å². The van der Waals surface area contributed by atoms with Crippen molar-refractivity contribution in [3.8, 4) is 0 Å². The molecule has 3 N–H and O–H groups in total. The summed E-state index contributed by atoms with van der Waals surface area (Å²) in [5.41, 5.74) is 1.02. The minimum Gasteiger partial charge on any atom is -0.462 e. The van der Waals surface area contributed by atoms with Crippen LogP contribution in [0.3, 0.4) is 0 Å². The molecular formula is C15H18Cl3N3O3S. The van der Waals surface area contributed by atoms with Gasteiger partial charge in [-0.15, -0.1) is 0 Å². The highest BCUT2D eigenvalue weighted by Gasteiger charge is 2.34. The van der Waals surface area contributed by atoms with Crippen molar-refractivity contribution in [2.75, 3.05) is 11.9 Å². The summed E-state index contributed by atoms with van der Waals surface area (Å²) in [6.07, 6.45) is -0.780. The van der Waals surface area contributed by atoms with Gasteiger partial charge in [-0.3, -0.25) is 4.79 Å². The third-order valence-corrected chi connectivity index (χ3v) is 3.76. The first kappa shape index (κ1) is 21.8. The molecule has 0 heterocycles. The summed E-state index contributed by atoms with van der Waals surface area (Å²) < 4.78 is 3.10. The van der Waals surface area contributed by atoms with Gasteiger partial charge >= 0.3 is 5.97 Å². The molecule has 1 rings (SSSR count). The van der Waals surface area contributed by atoms with Crippen LogP contribution < -0.4 is 16.0 Å². The number of thiocarbonyl (C=S) groups is 1. The Bertz CT molecular complexity index is 621. The fraction of sp³-hybridized carbons (Fsp3) is 0.400. The predicted molar refractivity (Wildman–Crippen MR) is 104 cm³/mol. The Morgan fingerprint density at radius 1 is 1.16 bits per heavy atom. The van der Waals surface area contributed by atoms with Gasteiger partial charge in [0.05, 0.1) is 12.2 Å². The Morgan fingerprint density at radius 2 is 1.76 bits per heavy atom. The maximum absolute atomic E-state index is 11.6. The number of hydrogen-bond donors (Lipinski definition) is 3. The monoisotopic (exact) mass is 425 g/mol. The van der Waals surface area contributed by atoms with E-state index in [-0.39, 0.29) is 17.4 Å². The second-order valence-electron chi connectivity index (χ2n) is 4.79. The van der Waals surface area contributed by atoms with E-state index in [0.29, 0.717) is 17.9 Å². The van der Waals surface area contributed by atoms with Crippen molar-refractivity contribution in [1.82, 2.24) is 10.6 Å². The maximum atomic E-state index is 11.6. The normalized spacial score (nSPS) is 12.0. The number of nitrogens with one attached hydrogen (secondary N) is 3. The molecule has 0 aliphatic rings. The molecule has 0 saturated heterocycles. The van der Waals surface area contributed by atoms with Crippen LogP contribution in [0.1, 0.15) is 30.6 Å². The van der Waals surface area contributed by atoms with Crippen LogP contribution >= 0.6 is 47.0 Å². The molecule has 138 valence electrons. The summed E-state index contributed by atoms with van der Waals surface area (Å²) in [5, 5.41) is 8.27. The van der Waals surface area contributed by atoms with Crippen molar-refractivity contribution in [2.45, 2.75) is 30.2 Å². The van der Waals surface area contributed by atoms with Crippen LogP contribution in [0.25, 0.3) is 0 Å². The minimum absolute atomic E-state index is 0.136. The van der Waals surface area contributed by atoms with Gasteiger partial charge in [-0.25, -0.2) is 4.79 Å². The average molecular weight is 427 g/mol. The van der Waals surface area contributed by atoms with Crippen LogP contribution in [0.15, 0.2) is 24.3 Å². The van der Waals surface area contributed by atoms with Gasteiger partial charge in [-0.05, 0) is 43.4 Å². The smallest absolute Gasteiger partial charge is 0.338 e. The molecule has 0 radical (unpaired) electrons. The fourth-order valence-electron chi connectivity index (χ4n) is 1.67. The van der Waals surface area contributed by atoms with Crippen LogP contribution in [-0.2, 0) is 9.53 Å². The van der Waals surface area contributed by atoms with E-state index in [4.69, 9.17) is 51.8 Å². The zero-order valence-electron chi connectivity index (χ0n) is 13.6. The Hall–Kier alpha value is -1.28. The van der Waals surface area contributed by atoms with E-state index in [9.17, 15) is 9.59 Å². The molecule has 0 saturated carbocycles. The highest BCUT2D eigenvalue weighted by atomic mass is 35.6. The van der Waals surface area contributed by atoms with Crippen LogP contribution in [0.4, 0.5) is 5.69 Å². The first-order valence-corrected chi connectivity index (χ1v) is 8.92. The zero-order valence-corrected chi connectivity index (χ0v) is 16.7. The Morgan fingerprint density at radius 3 is 2.24 bits per heavy atom. The lowest BCUT2D eigenvalue weighted by Gasteiger charge is -2.27. The number of hydrogen-bond acceptors (Lipinski definition) is 4. The summed E-state index contributed by atoms with van der Waals surface area (Å²) in [5.74, 6) is -0.710. The zero-order chi connectivity index (χ0) is 19.0. The van der Waals surface area contributed by atoms with Gasteiger partial charge in [0.2, 0.25) is 9.70 Å². The SMILES string of the molecule is CCOC(=O)c1ccc(NC(=S)N[C@@H](NC(=O)CC)C(Cl)(Cl)Cl)cc1. The van der Waals surface area contributed by atoms with Crippen molar-refractivity contribution in [3.63, 3.8) is 0 Å². The number of carbonyl (C=O) groups is 2. The van der Waals surface area contributed by atoms with Gasteiger partial charge in [0.25, 0.3) is 0 Å². The fourth-order valence-corrected chi connectivity index (χ4v) is 2.23. The lowest BCUT2D eigenvalue weighted by molar-refractivity contribution is -0.121. The van der Waals surface area contributed by atoms with Gasteiger partial charge in [0.1, 0.15) is 6.17 Å². The quantitative estimate of drug-likeness (QED) is 0.280. The summed E-state index contributed by atoms with van der Waals surface area (Å²) in [6.45, 7) is 3.71. The van der Waals surface area contributed by atoms with E-state index in [1.165, 1.54) is 0 Å². The molecule has 0 aliphatic carbocycles. The molecule has 1 amide bonds. The van der Waals surface area contributed by atoms with E-state index in [0.717, 1.165) is 0 Å². The molecule has 25 heavy (non-hydrogen) atoms.